The molecule has 1 fully saturated rings. The third-order valence-corrected chi connectivity index (χ3v) is 5.51. The Balaban J connectivity index is 1.36. The summed E-state index contributed by atoms with van der Waals surface area (Å²) in [6, 6.07) is 13.8. The molecule has 5 nitrogen and oxygen atoms in total. The highest BCUT2D eigenvalue weighted by atomic mass is 35.5. The van der Waals surface area contributed by atoms with Crippen LogP contribution in [0.25, 0.3) is 11.4 Å². The van der Waals surface area contributed by atoms with Gasteiger partial charge in [-0.05, 0) is 18.2 Å². The standard InChI is InChI=1S/C21H15ClFN3O2/c22-16-8-14(6-7-17(16)23)20(27)26-11-21(12-26)15-9-24-19(25-18(15)10-28-21)13-4-2-1-3-5-13/h1-9H,10-12H2. The van der Waals surface area contributed by atoms with Gasteiger partial charge in [0, 0.05) is 22.9 Å². The Bertz CT molecular complexity index is 1080. The molecule has 1 spiro atoms. The summed E-state index contributed by atoms with van der Waals surface area (Å²) in [5.74, 6) is -0.0858. The van der Waals surface area contributed by atoms with Gasteiger partial charge in [-0.25, -0.2) is 14.4 Å². The molecule has 28 heavy (non-hydrogen) atoms. The number of fused-ring (bicyclic) bond motifs is 2. The summed E-state index contributed by atoms with van der Waals surface area (Å²) in [5, 5.41) is -0.0645. The lowest BCUT2D eigenvalue weighted by Crippen LogP contribution is -2.61. The Morgan fingerprint density at radius 2 is 1.96 bits per heavy atom. The number of halogens is 2. The molecule has 5 rings (SSSR count). The van der Waals surface area contributed by atoms with E-state index in [1.54, 1.807) is 11.1 Å². The quantitative estimate of drug-likeness (QED) is 0.662. The molecule has 3 aromatic rings. The maximum absolute atomic E-state index is 13.3. The molecule has 140 valence electrons. The second kappa shape index (κ2) is 6.36. The van der Waals surface area contributed by atoms with Gasteiger partial charge in [0.05, 0.1) is 30.4 Å². The third kappa shape index (κ3) is 2.68. The number of nitrogens with zero attached hydrogens (tertiary/aromatic N) is 3. The van der Waals surface area contributed by atoms with Gasteiger partial charge in [0.15, 0.2) is 5.82 Å². The van der Waals surface area contributed by atoms with Crippen molar-refractivity contribution in [1.82, 2.24) is 14.9 Å². The minimum absolute atomic E-state index is 0.0645. The minimum atomic E-state index is -0.565. The van der Waals surface area contributed by atoms with Gasteiger partial charge in [-0.15, -0.1) is 0 Å². The molecule has 1 aromatic heterocycles. The predicted molar refractivity (Wildman–Crippen MR) is 101 cm³/mol. The Hall–Kier alpha value is -2.83. The predicted octanol–water partition coefficient (Wildman–Crippen LogP) is 3.82. The van der Waals surface area contributed by atoms with Crippen molar-refractivity contribution < 1.29 is 13.9 Å². The molecular formula is C21H15ClFN3O2. The summed E-state index contributed by atoms with van der Waals surface area (Å²) in [6.07, 6.45) is 1.80. The van der Waals surface area contributed by atoms with Crippen LogP contribution in [-0.2, 0) is 16.9 Å². The lowest BCUT2D eigenvalue weighted by atomic mass is 9.87. The van der Waals surface area contributed by atoms with Gasteiger partial charge in [0.25, 0.3) is 5.91 Å². The number of benzene rings is 2. The number of carbonyl (C=O) groups excluding carboxylic acids is 1. The average molecular weight is 396 g/mol. The zero-order valence-corrected chi connectivity index (χ0v) is 15.5. The fraction of sp³-hybridized carbons (Fsp3) is 0.190. The normalized spacial score (nSPS) is 16.7. The van der Waals surface area contributed by atoms with Gasteiger partial charge in [-0.3, -0.25) is 4.79 Å². The Kier molecular flexibility index (Phi) is 3.92. The van der Waals surface area contributed by atoms with E-state index in [0.717, 1.165) is 16.8 Å². The van der Waals surface area contributed by atoms with Crippen molar-refractivity contribution in [3.05, 3.63) is 82.4 Å². The van der Waals surface area contributed by atoms with E-state index >= 15 is 0 Å². The highest BCUT2D eigenvalue weighted by Gasteiger charge is 2.52. The maximum atomic E-state index is 13.3. The molecule has 1 amide bonds. The van der Waals surface area contributed by atoms with E-state index in [9.17, 15) is 9.18 Å². The van der Waals surface area contributed by atoms with Crippen LogP contribution in [0.15, 0.2) is 54.7 Å². The van der Waals surface area contributed by atoms with Crippen LogP contribution in [0.3, 0.4) is 0 Å². The van der Waals surface area contributed by atoms with Crippen LogP contribution in [0, 0.1) is 5.82 Å². The Morgan fingerprint density at radius 3 is 2.71 bits per heavy atom. The first-order chi connectivity index (χ1) is 13.6. The maximum Gasteiger partial charge on any atom is 0.254 e. The molecule has 0 radical (unpaired) electrons. The molecule has 0 N–H and O–H groups in total. The largest absolute Gasteiger partial charge is 0.360 e. The van der Waals surface area contributed by atoms with Crippen molar-refractivity contribution in [2.45, 2.75) is 12.2 Å². The third-order valence-electron chi connectivity index (χ3n) is 5.22. The molecular weight excluding hydrogens is 381 g/mol. The fourth-order valence-corrected chi connectivity index (χ4v) is 3.89. The molecule has 2 aliphatic heterocycles. The van der Waals surface area contributed by atoms with E-state index in [1.165, 1.54) is 18.2 Å². The van der Waals surface area contributed by atoms with Crippen LogP contribution in [0.1, 0.15) is 21.6 Å². The number of rotatable bonds is 2. The monoisotopic (exact) mass is 395 g/mol. The van der Waals surface area contributed by atoms with Gasteiger partial charge in [-0.2, -0.15) is 0 Å². The van der Waals surface area contributed by atoms with Gasteiger partial charge < -0.3 is 9.64 Å². The van der Waals surface area contributed by atoms with Crippen molar-refractivity contribution in [3.8, 4) is 11.4 Å². The molecule has 0 aliphatic carbocycles. The topological polar surface area (TPSA) is 55.3 Å². The molecule has 0 bridgehead atoms. The first-order valence-electron chi connectivity index (χ1n) is 8.86. The summed E-state index contributed by atoms with van der Waals surface area (Å²) < 4.78 is 19.3. The number of hydrogen-bond donors (Lipinski definition) is 0. The number of ether oxygens (including phenoxy) is 1. The lowest BCUT2D eigenvalue weighted by molar-refractivity contribution is -0.126. The highest BCUT2D eigenvalue weighted by Crippen LogP contribution is 2.43. The van der Waals surface area contributed by atoms with Crippen molar-refractivity contribution in [3.63, 3.8) is 0 Å². The zero-order valence-electron chi connectivity index (χ0n) is 14.7. The van der Waals surface area contributed by atoms with Crippen LogP contribution in [-0.4, -0.2) is 33.9 Å². The summed E-state index contributed by atoms with van der Waals surface area (Å²) >= 11 is 5.79. The SMILES string of the molecule is O=C(c1ccc(F)c(Cl)c1)N1CC2(C1)OCc1nc(-c3ccccc3)ncc12. The molecule has 2 aliphatic rings. The molecule has 3 heterocycles. The summed E-state index contributed by atoms with van der Waals surface area (Å²) in [5.41, 5.74) is 2.52. The molecule has 7 heteroatoms. The van der Waals surface area contributed by atoms with E-state index in [4.69, 9.17) is 16.3 Å². The van der Waals surface area contributed by atoms with E-state index in [0.29, 0.717) is 31.1 Å². The summed E-state index contributed by atoms with van der Waals surface area (Å²) in [7, 11) is 0. The molecule has 2 aromatic carbocycles. The molecule has 0 saturated carbocycles. The van der Waals surface area contributed by atoms with E-state index in [2.05, 4.69) is 9.97 Å². The fourth-order valence-electron chi connectivity index (χ4n) is 3.71. The van der Waals surface area contributed by atoms with Gasteiger partial charge in [0.1, 0.15) is 11.4 Å². The first-order valence-corrected chi connectivity index (χ1v) is 9.24. The van der Waals surface area contributed by atoms with Crippen LogP contribution in [0.2, 0.25) is 5.02 Å². The molecule has 0 atom stereocenters. The number of carbonyl (C=O) groups is 1. The van der Waals surface area contributed by atoms with Crippen LogP contribution in [0.4, 0.5) is 4.39 Å². The second-order valence-corrected chi connectivity index (χ2v) is 7.40. The zero-order chi connectivity index (χ0) is 19.3. The lowest BCUT2D eigenvalue weighted by Gasteiger charge is -2.47. The molecule has 1 saturated heterocycles. The number of likely N-dealkylation sites (tertiary alicyclic amines) is 1. The van der Waals surface area contributed by atoms with Crippen molar-refractivity contribution in [2.24, 2.45) is 0 Å². The number of hydrogen-bond acceptors (Lipinski definition) is 4. The second-order valence-electron chi connectivity index (χ2n) is 6.99. The van der Waals surface area contributed by atoms with Crippen LogP contribution in [0.5, 0.6) is 0 Å². The van der Waals surface area contributed by atoms with E-state index < -0.39 is 11.4 Å². The van der Waals surface area contributed by atoms with Crippen molar-refractivity contribution in [2.75, 3.05) is 13.1 Å². The van der Waals surface area contributed by atoms with E-state index in [1.807, 2.05) is 30.3 Å². The van der Waals surface area contributed by atoms with Crippen LogP contribution < -0.4 is 0 Å². The first kappa shape index (κ1) is 17.3. The molecule has 0 unspecified atom stereocenters. The summed E-state index contributed by atoms with van der Waals surface area (Å²) in [6.45, 7) is 1.20. The number of amides is 1. The minimum Gasteiger partial charge on any atom is -0.360 e. The van der Waals surface area contributed by atoms with Crippen LogP contribution >= 0.6 is 11.6 Å². The van der Waals surface area contributed by atoms with Gasteiger partial charge in [0.2, 0.25) is 0 Å². The highest BCUT2D eigenvalue weighted by molar-refractivity contribution is 6.31. The van der Waals surface area contributed by atoms with Gasteiger partial charge in [-0.1, -0.05) is 41.9 Å². The Morgan fingerprint density at radius 1 is 1.18 bits per heavy atom. The van der Waals surface area contributed by atoms with E-state index in [-0.39, 0.29) is 10.9 Å². The van der Waals surface area contributed by atoms with Crippen molar-refractivity contribution in [1.29, 1.82) is 0 Å². The Labute approximate surface area is 165 Å². The number of aromatic nitrogens is 2. The van der Waals surface area contributed by atoms with Crippen molar-refractivity contribution >= 4 is 17.5 Å². The average Bonchev–Trinajstić information content (AvgIpc) is 3.08. The van der Waals surface area contributed by atoms with Gasteiger partial charge >= 0.3 is 0 Å². The summed E-state index contributed by atoms with van der Waals surface area (Å²) in [4.78, 5) is 23.4. The smallest absolute Gasteiger partial charge is 0.254 e.